The molecule has 126 valence electrons. The van der Waals surface area contributed by atoms with E-state index in [9.17, 15) is 4.79 Å². The first-order chi connectivity index (χ1) is 11.6. The van der Waals surface area contributed by atoms with Crippen molar-refractivity contribution in [2.24, 2.45) is 0 Å². The molecule has 0 aliphatic carbocycles. The maximum atomic E-state index is 12.3. The van der Waals surface area contributed by atoms with Crippen LogP contribution in [-0.2, 0) is 11.2 Å². The third-order valence-electron chi connectivity index (χ3n) is 4.15. The fourth-order valence-electron chi connectivity index (χ4n) is 2.73. The Morgan fingerprint density at radius 2 is 2.21 bits per heavy atom. The number of imidazole rings is 1. The van der Waals surface area contributed by atoms with Crippen LogP contribution in [0.5, 0.6) is 0 Å². The highest BCUT2D eigenvalue weighted by atomic mass is 32.1. The molecule has 24 heavy (non-hydrogen) atoms. The number of aryl methyl sites for hydroxylation is 3. The number of H-pyrrole nitrogens is 1. The molecule has 0 aliphatic heterocycles. The molecule has 6 heteroatoms. The zero-order chi connectivity index (χ0) is 17.1. The zero-order valence-electron chi connectivity index (χ0n) is 14.2. The number of benzene rings is 1. The van der Waals surface area contributed by atoms with Crippen molar-refractivity contribution in [3.63, 3.8) is 0 Å². The van der Waals surface area contributed by atoms with Crippen molar-refractivity contribution in [2.75, 3.05) is 0 Å². The largest absolute Gasteiger partial charge is 0.346 e. The van der Waals surface area contributed by atoms with Crippen molar-refractivity contribution in [3.8, 4) is 0 Å². The number of nitrogens with zero attached hydrogens (tertiary/aromatic N) is 2. The fourth-order valence-corrected chi connectivity index (χ4v) is 3.51. The summed E-state index contributed by atoms with van der Waals surface area (Å²) in [6, 6.07) is 6.04. The van der Waals surface area contributed by atoms with Gasteiger partial charge in [-0.15, -0.1) is 11.3 Å². The molecular weight excluding hydrogens is 320 g/mol. The van der Waals surface area contributed by atoms with Gasteiger partial charge in [-0.3, -0.25) is 4.79 Å². The smallest absolute Gasteiger partial charge is 0.220 e. The highest BCUT2D eigenvalue weighted by molar-refractivity contribution is 7.09. The number of fused-ring (bicyclic) bond motifs is 1. The second kappa shape index (κ2) is 7.13. The van der Waals surface area contributed by atoms with E-state index in [1.54, 1.807) is 11.3 Å². The number of rotatable bonds is 6. The van der Waals surface area contributed by atoms with Crippen LogP contribution in [0.1, 0.15) is 47.8 Å². The summed E-state index contributed by atoms with van der Waals surface area (Å²) >= 11 is 1.61. The summed E-state index contributed by atoms with van der Waals surface area (Å²) < 4.78 is 0. The van der Waals surface area contributed by atoms with Gasteiger partial charge in [-0.25, -0.2) is 9.97 Å². The molecule has 2 heterocycles. The molecule has 3 rings (SSSR count). The van der Waals surface area contributed by atoms with Crippen LogP contribution in [0.15, 0.2) is 23.7 Å². The first-order valence-corrected chi connectivity index (χ1v) is 9.09. The lowest BCUT2D eigenvalue weighted by Crippen LogP contribution is -2.29. The van der Waals surface area contributed by atoms with Crippen LogP contribution in [0.3, 0.4) is 0 Å². The molecule has 1 aromatic carbocycles. The van der Waals surface area contributed by atoms with E-state index in [0.29, 0.717) is 6.42 Å². The van der Waals surface area contributed by atoms with Crippen molar-refractivity contribution < 1.29 is 4.79 Å². The van der Waals surface area contributed by atoms with Crippen LogP contribution in [0.4, 0.5) is 0 Å². The third kappa shape index (κ3) is 3.64. The SMILES string of the molecule is CC[C@H](NC(=O)CCc1scnc1C)c1nc2ccc(C)cc2[nH]1. The summed E-state index contributed by atoms with van der Waals surface area (Å²) in [5, 5.41) is 3.09. The van der Waals surface area contributed by atoms with E-state index in [4.69, 9.17) is 0 Å². The highest BCUT2D eigenvalue weighted by Crippen LogP contribution is 2.20. The van der Waals surface area contributed by atoms with Gasteiger partial charge < -0.3 is 10.3 Å². The average molecular weight is 342 g/mol. The Balaban J connectivity index is 1.66. The lowest BCUT2D eigenvalue weighted by molar-refractivity contribution is -0.121. The van der Waals surface area contributed by atoms with Gasteiger partial charge in [0.25, 0.3) is 0 Å². The molecular formula is C18H22N4OS. The molecule has 0 aliphatic rings. The topological polar surface area (TPSA) is 70.7 Å². The van der Waals surface area contributed by atoms with E-state index in [-0.39, 0.29) is 11.9 Å². The summed E-state index contributed by atoms with van der Waals surface area (Å²) in [7, 11) is 0. The van der Waals surface area contributed by atoms with Crippen LogP contribution in [-0.4, -0.2) is 20.9 Å². The third-order valence-corrected chi connectivity index (χ3v) is 5.15. The minimum atomic E-state index is -0.0900. The van der Waals surface area contributed by atoms with Crippen LogP contribution >= 0.6 is 11.3 Å². The standard InChI is InChI=1S/C18H22N4OS/c1-4-13(18-21-14-6-5-11(2)9-15(14)22-18)20-17(23)8-7-16-12(3)19-10-24-16/h5-6,9-10,13H,4,7-8H2,1-3H3,(H,20,23)(H,21,22)/t13-/m0/s1. The Hall–Kier alpha value is -2.21. The van der Waals surface area contributed by atoms with Gasteiger partial charge in [0, 0.05) is 11.3 Å². The van der Waals surface area contributed by atoms with Gasteiger partial charge in [-0.1, -0.05) is 13.0 Å². The molecule has 3 aromatic rings. The molecule has 0 fully saturated rings. The average Bonchev–Trinajstić information content (AvgIpc) is 3.16. The molecule has 0 unspecified atom stereocenters. The normalized spacial score (nSPS) is 12.5. The number of hydrogen-bond acceptors (Lipinski definition) is 4. The predicted molar refractivity (Wildman–Crippen MR) is 97.2 cm³/mol. The summed E-state index contributed by atoms with van der Waals surface area (Å²) in [5.41, 5.74) is 5.98. The minimum absolute atomic E-state index is 0.0475. The molecule has 0 bridgehead atoms. The fraction of sp³-hybridized carbons (Fsp3) is 0.389. The number of carbonyl (C=O) groups excluding carboxylic acids is 1. The van der Waals surface area contributed by atoms with Gasteiger partial charge in [0.1, 0.15) is 5.82 Å². The summed E-state index contributed by atoms with van der Waals surface area (Å²) in [4.78, 5) is 25.7. The van der Waals surface area contributed by atoms with E-state index in [1.807, 2.05) is 24.6 Å². The highest BCUT2D eigenvalue weighted by Gasteiger charge is 2.17. The van der Waals surface area contributed by atoms with Crippen LogP contribution in [0.25, 0.3) is 11.0 Å². The second-order valence-electron chi connectivity index (χ2n) is 6.03. The van der Waals surface area contributed by atoms with Crippen LogP contribution in [0.2, 0.25) is 0 Å². The van der Waals surface area contributed by atoms with Crippen molar-refractivity contribution >= 4 is 28.3 Å². The molecule has 0 radical (unpaired) electrons. The molecule has 0 saturated heterocycles. The van der Waals surface area contributed by atoms with E-state index in [2.05, 4.69) is 40.2 Å². The quantitative estimate of drug-likeness (QED) is 0.715. The van der Waals surface area contributed by atoms with E-state index in [1.165, 1.54) is 10.4 Å². The van der Waals surface area contributed by atoms with Crippen LogP contribution in [0, 0.1) is 13.8 Å². The number of hydrogen-bond donors (Lipinski definition) is 2. The Labute approximate surface area is 145 Å². The summed E-state index contributed by atoms with van der Waals surface area (Å²) in [5.74, 6) is 0.867. The molecule has 5 nitrogen and oxygen atoms in total. The van der Waals surface area contributed by atoms with Gasteiger partial charge in [0.05, 0.1) is 28.3 Å². The van der Waals surface area contributed by atoms with Gasteiger partial charge in [0.2, 0.25) is 5.91 Å². The number of aromatic amines is 1. The van der Waals surface area contributed by atoms with Crippen molar-refractivity contribution in [2.45, 2.75) is 46.1 Å². The Morgan fingerprint density at radius 3 is 2.92 bits per heavy atom. The Bertz CT molecular complexity index is 852. The summed E-state index contributed by atoms with van der Waals surface area (Å²) in [6.07, 6.45) is 2.00. The molecule has 2 N–H and O–H groups in total. The number of thiazole rings is 1. The predicted octanol–water partition coefficient (Wildman–Crippen LogP) is 3.84. The minimum Gasteiger partial charge on any atom is -0.346 e. The second-order valence-corrected chi connectivity index (χ2v) is 6.97. The lowest BCUT2D eigenvalue weighted by atomic mass is 10.2. The lowest BCUT2D eigenvalue weighted by Gasteiger charge is -2.14. The van der Waals surface area contributed by atoms with Gasteiger partial charge >= 0.3 is 0 Å². The van der Waals surface area contributed by atoms with Crippen LogP contribution < -0.4 is 5.32 Å². The van der Waals surface area contributed by atoms with Gasteiger partial charge in [0.15, 0.2) is 0 Å². The number of nitrogens with one attached hydrogen (secondary N) is 2. The first-order valence-electron chi connectivity index (χ1n) is 8.21. The Morgan fingerprint density at radius 1 is 1.38 bits per heavy atom. The van der Waals surface area contributed by atoms with Crippen molar-refractivity contribution in [1.82, 2.24) is 20.3 Å². The van der Waals surface area contributed by atoms with Gasteiger partial charge in [-0.2, -0.15) is 0 Å². The number of amides is 1. The maximum absolute atomic E-state index is 12.3. The summed E-state index contributed by atoms with van der Waals surface area (Å²) in [6.45, 7) is 6.09. The van der Waals surface area contributed by atoms with Gasteiger partial charge in [-0.05, 0) is 44.4 Å². The molecule has 1 atom stereocenters. The molecule has 0 spiro atoms. The first kappa shape index (κ1) is 16.6. The maximum Gasteiger partial charge on any atom is 0.220 e. The van der Waals surface area contributed by atoms with E-state index < -0.39 is 0 Å². The zero-order valence-corrected chi connectivity index (χ0v) is 15.0. The van der Waals surface area contributed by atoms with Crippen molar-refractivity contribution in [3.05, 3.63) is 45.7 Å². The molecule has 1 amide bonds. The molecule has 0 saturated carbocycles. The van der Waals surface area contributed by atoms with Crippen molar-refractivity contribution in [1.29, 1.82) is 0 Å². The monoisotopic (exact) mass is 342 g/mol. The van der Waals surface area contributed by atoms with E-state index >= 15 is 0 Å². The number of carbonyl (C=O) groups is 1. The molecule has 2 aromatic heterocycles. The van der Waals surface area contributed by atoms with E-state index in [0.717, 1.165) is 35.4 Å². The Kier molecular flexibility index (Phi) is 4.94. The number of aromatic nitrogens is 3.